The average molecular weight is 458 g/mol. The summed E-state index contributed by atoms with van der Waals surface area (Å²) in [6, 6.07) is 9.42. The lowest BCUT2D eigenvalue weighted by Gasteiger charge is -2.11. The van der Waals surface area contributed by atoms with Crippen molar-refractivity contribution in [3.05, 3.63) is 68.2 Å². The molecule has 0 aliphatic heterocycles. The van der Waals surface area contributed by atoms with Crippen molar-refractivity contribution in [2.75, 3.05) is 6.61 Å². The van der Waals surface area contributed by atoms with Gasteiger partial charge in [0.05, 0.1) is 27.8 Å². The summed E-state index contributed by atoms with van der Waals surface area (Å²) in [5.41, 5.74) is 0.738. The zero-order valence-electron chi connectivity index (χ0n) is 16.2. The first-order valence-corrected chi connectivity index (χ1v) is 10.6. The van der Waals surface area contributed by atoms with E-state index in [0.29, 0.717) is 27.2 Å². The number of halogens is 3. The normalized spacial score (nSPS) is 10.6. The molecule has 0 saturated heterocycles. The van der Waals surface area contributed by atoms with Crippen molar-refractivity contribution < 1.29 is 19.1 Å². The molecular formula is C22H23Cl3O4. The summed E-state index contributed by atoms with van der Waals surface area (Å²) in [5, 5.41) is 0.981. The largest absolute Gasteiger partial charge is 0.462 e. The summed E-state index contributed by atoms with van der Waals surface area (Å²) in [6.07, 6.45) is 5.25. The van der Waals surface area contributed by atoms with Crippen LogP contribution in [0.25, 0.3) is 0 Å². The lowest BCUT2D eigenvalue weighted by molar-refractivity contribution is 0.0436. The molecule has 0 radical (unpaired) electrons. The van der Waals surface area contributed by atoms with Gasteiger partial charge in [0.1, 0.15) is 6.61 Å². The molecule has 156 valence electrons. The second-order valence-electron chi connectivity index (χ2n) is 6.52. The highest BCUT2D eigenvalue weighted by Gasteiger charge is 2.20. The van der Waals surface area contributed by atoms with E-state index in [9.17, 15) is 9.59 Å². The molecule has 2 aromatic rings. The number of unbranched alkanes of at least 4 members (excludes halogenated alkanes) is 4. The van der Waals surface area contributed by atoms with Crippen molar-refractivity contribution in [2.45, 2.75) is 45.6 Å². The molecule has 2 aromatic carbocycles. The second kappa shape index (κ2) is 12.1. The molecule has 0 amide bonds. The van der Waals surface area contributed by atoms with Crippen molar-refractivity contribution in [2.24, 2.45) is 0 Å². The van der Waals surface area contributed by atoms with Gasteiger partial charge in [-0.25, -0.2) is 9.59 Å². The van der Waals surface area contributed by atoms with Crippen molar-refractivity contribution in [1.82, 2.24) is 0 Å². The van der Waals surface area contributed by atoms with Crippen LogP contribution in [0, 0.1) is 0 Å². The van der Waals surface area contributed by atoms with E-state index in [1.807, 2.05) is 0 Å². The number of benzene rings is 2. The Hall–Kier alpha value is -1.75. The van der Waals surface area contributed by atoms with Crippen molar-refractivity contribution in [1.29, 1.82) is 0 Å². The summed E-state index contributed by atoms with van der Waals surface area (Å²) >= 11 is 18.1. The van der Waals surface area contributed by atoms with Gasteiger partial charge in [0.25, 0.3) is 0 Å². The molecule has 0 N–H and O–H groups in total. The minimum absolute atomic E-state index is 0.129. The van der Waals surface area contributed by atoms with E-state index >= 15 is 0 Å². The van der Waals surface area contributed by atoms with Gasteiger partial charge in [-0.15, -0.1) is 0 Å². The van der Waals surface area contributed by atoms with Gasteiger partial charge >= 0.3 is 11.9 Å². The third-order valence-corrected chi connectivity index (χ3v) is 5.19. The molecule has 7 heteroatoms. The summed E-state index contributed by atoms with van der Waals surface area (Å²) in [7, 11) is 0. The fraction of sp³-hybridized carbons (Fsp3) is 0.364. The molecule has 0 atom stereocenters. The van der Waals surface area contributed by atoms with Gasteiger partial charge in [0.2, 0.25) is 0 Å². The van der Waals surface area contributed by atoms with Crippen molar-refractivity contribution in [3.8, 4) is 0 Å². The standard InChI is InChI=1S/C22H23Cl3O4/c1-2-3-4-5-8-11-28-21(26)16-9-6-7-10-17(16)22(27)29-14-18-19(24)12-15(23)13-20(18)25/h6-7,9-10,12-13H,2-5,8,11,14H2,1H3. The van der Waals surface area contributed by atoms with E-state index in [2.05, 4.69) is 6.92 Å². The molecule has 0 saturated carbocycles. The van der Waals surface area contributed by atoms with Crippen LogP contribution in [-0.4, -0.2) is 18.5 Å². The Bertz CT molecular complexity index is 829. The molecule has 0 bridgehead atoms. The predicted molar refractivity (Wildman–Crippen MR) is 116 cm³/mol. The lowest BCUT2D eigenvalue weighted by Crippen LogP contribution is -2.14. The predicted octanol–water partition coefficient (Wildman–Crippen LogP) is 7.13. The summed E-state index contributed by atoms with van der Waals surface area (Å²) in [6.45, 7) is 2.32. The highest BCUT2D eigenvalue weighted by Crippen LogP contribution is 2.29. The van der Waals surface area contributed by atoms with Gasteiger partial charge in [-0.3, -0.25) is 0 Å². The Morgan fingerprint density at radius 1 is 0.828 bits per heavy atom. The van der Waals surface area contributed by atoms with Gasteiger partial charge in [0.15, 0.2) is 0 Å². The molecule has 0 aliphatic carbocycles. The molecule has 2 rings (SSSR count). The summed E-state index contributed by atoms with van der Waals surface area (Å²) < 4.78 is 10.6. The second-order valence-corrected chi connectivity index (χ2v) is 7.77. The fourth-order valence-electron chi connectivity index (χ4n) is 2.71. The van der Waals surface area contributed by atoms with E-state index in [1.165, 1.54) is 30.7 Å². The van der Waals surface area contributed by atoms with Gasteiger partial charge in [-0.2, -0.15) is 0 Å². The fourth-order valence-corrected chi connectivity index (χ4v) is 3.64. The molecular weight excluding hydrogens is 435 g/mol. The molecule has 0 spiro atoms. The zero-order valence-corrected chi connectivity index (χ0v) is 18.4. The van der Waals surface area contributed by atoms with Crippen LogP contribution in [0.15, 0.2) is 36.4 Å². The summed E-state index contributed by atoms with van der Waals surface area (Å²) in [4.78, 5) is 24.9. The van der Waals surface area contributed by atoms with Crippen LogP contribution in [-0.2, 0) is 16.1 Å². The van der Waals surface area contributed by atoms with Crippen LogP contribution >= 0.6 is 34.8 Å². The van der Waals surface area contributed by atoms with E-state index in [-0.39, 0.29) is 17.7 Å². The van der Waals surface area contributed by atoms with Gasteiger partial charge in [0, 0.05) is 10.6 Å². The van der Waals surface area contributed by atoms with Crippen molar-refractivity contribution in [3.63, 3.8) is 0 Å². The minimum atomic E-state index is -0.664. The smallest absolute Gasteiger partial charge is 0.339 e. The van der Waals surface area contributed by atoms with E-state index in [4.69, 9.17) is 44.3 Å². The molecule has 4 nitrogen and oxygen atoms in total. The maximum Gasteiger partial charge on any atom is 0.339 e. The zero-order chi connectivity index (χ0) is 21.2. The number of carbonyl (C=O) groups is 2. The first kappa shape index (κ1) is 23.5. The molecule has 0 aliphatic rings. The number of hydrogen-bond donors (Lipinski definition) is 0. The van der Waals surface area contributed by atoms with Crippen LogP contribution in [0.1, 0.15) is 65.3 Å². The molecule has 0 unspecified atom stereocenters. The SMILES string of the molecule is CCCCCCCOC(=O)c1ccccc1C(=O)OCc1c(Cl)cc(Cl)cc1Cl. The first-order chi connectivity index (χ1) is 13.9. The maximum absolute atomic E-state index is 12.5. The number of esters is 2. The monoisotopic (exact) mass is 456 g/mol. The van der Waals surface area contributed by atoms with Gasteiger partial charge in [-0.1, -0.05) is 79.5 Å². The molecule has 0 fully saturated rings. The number of hydrogen-bond acceptors (Lipinski definition) is 4. The van der Waals surface area contributed by atoms with E-state index in [0.717, 1.165) is 25.7 Å². The average Bonchev–Trinajstić information content (AvgIpc) is 2.69. The van der Waals surface area contributed by atoms with Gasteiger partial charge < -0.3 is 9.47 Å². The lowest BCUT2D eigenvalue weighted by atomic mass is 10.1. The third-order valence-electron chi connectivity index (χ3n) is 4.30. The highest BCUT2D eigenvalue weighted by molar-refractivity contribution is 6.39. The molecule has 0 heterocycles. The topological polar surface area (TPSA) is 52.6 Å². The van der Waals surface area contributed by atoms with Crippen LogP contribution in [0.3, 0.4) is 0 Å². The third kappa shape index (κ3) is 7.22. The van der Waals surface area contributed by atoms with E-state index in [1.54, 1.807) is 12.1 Å². The van der Waals surface area contributed by atoms with Crippen LogP contribution in [0.4, 0.5) is 0 Å². The number of ether oxygens (including phenoxy) is 2. The van der Waals surface area contributed by atoms with Gasteiger partial charge in [-0.05, 0) is 30.7 Å². The summed E-state index contributed by atoms with van der Waals surface area (Å²) in [5.74, 6) is -1.21. The van der Waals surface area contributed by atoms with Crippen molar-refractivity contribution >= 4 is 46.7 Å². The molecule has 0 aromatic heterocycles. The Morgan fingerprint density at radius 3 is 1.97 bits per heavy atom. The Balaban J connectivity index is 1.98. The number of carbonyl (C=O) groups excluding carboxylic acids is 2. The number of rotatable bonds is 10. The van der Waals surface area contributed by atoms with Crippen LogP contribution in [0.2, 0.25) is 15.1 Å². The van der Waals surface area contributed by atoms with E-state index < -0.39 is 11.9 Å². The quantitative estimate of drug-likeness (QED) is 0.281. The Morgan fingerprint density at radius 2 is 1.38 bits per heavy atom. The first-order valence-electron chi connectivity index (χ1n) is 9.50. The minimum Gasteiger partial charge on any atom is -0.462 e. The molecule has 29 heavy (non-hydrogen) atoms. The van der Waals surface area contributed by atoms with Crippen LogP contribution in [0.5, 0.6) is 0 Å². The Kier molecular flexibility index (Phi) is 9.79. The Labute approximate surface area is 186 Å². The van der Waals surface area contributed by atoms with Crippen LogP contribution < -0.4 is 0 Å². The highest BCUT2D eigenvalue weighted by atomic mass is 35.5. The maximum atomic E-state index is 12.5.